The molecule has 0 saturated heterocycles. The summed E-state index contributed by atoms with van der Waals surface area (Å²) in [6.45, 7) is 6.57. The summed E-state index contributed by atoms with van der Waals surface area (Å²) in [6, 6.07) is 0. The molecule has 376 valence electrons. The molecule has 0 rings (SSSR count). The Morgan fingerprint density at radius 1 is 0.308 bits per heavy atom. The Kier molecular flexibility index (Phi) is 51.3. The van der Waals surface area contributed by atoms with E-state index in [0.717, 1.165) is 109 Å². The van der Waals surface area contributed by atoms with Crippen molar-refractivity contribution in [1.29, 1.82) is 0 Å². The minimum atomic E-state index is -0.789. The molecule has 0 aromatic rings. The molecule has 0 N–H and O–H groups in total. The summed E-state index contributed by atoms with van der Waals surface area (Å²) in [6.07, 6.45) is 66.3. The van der Waals surface area contributed by atoms with Crippen LogP contribution in [0.4, 0.5) is 0 Å². The van der Waals surface area contributed by atoms with Gasteiger partial charge in [-0.25, -0.2) is 0 Å². The minimum absolute atomic E-state index is 0.0851. The first-order valence-electron chi connectivity index (χ1n) is 27.8. The highest BCUT2D eigenvalue weighted by Crippen LogP contribution is 2.15. The Bertz CT molecular complexity index is 1180. The fraction of sp³-hybridized carbons (Fsp3) is 0.780. The molecule has 0 aromatic carbocycles. The van der Waals surface area contributed by atoms with Gasteiger partial charge in [0.05, 0.1) is 0 Å². The quantitative estimate of drug-likeness (QED) is 0.0262. The molecule has 6 heteroatoms. The zero-order valence-corrected chi connectivity index (χ0v) is 43.0. The third kappa shape index (κ3) is 51.9. The first kappa shape index (κ1) is 62.1. The fourth-order valence-electron chi connectivity index (χ4n) is 7.77. The first-order valence-corrected chi connectivity index (χ1v) is 27.8. The van der Waals surface area contributed by atoms with Crippen molar-refractivity contribution in [2.24, 2.45) is 0 Å². The number of hydrogen-bond acceptors (Lipinski definition) is 6. The fourth-order valence-corrected chi connectivity index (χ4v) is 7.77. The van der Waals surface area contributed by atoms with Gasteiger partial charge in [0.2, 0.25) is 0 Å². The second kappa shape index (κ2) is 53.7. The van der Waals surface area contributed by atoms with Gasteiger partial charge in [-0.05, 0) is 89.9 Å². The highest BCUT2D eigenvalue weighted by molar-refractivity contribution is 5.71. The molecule has 0 amide bonds. The molecule has 0 fully saturated rings. The maximum absolute atomic E-state index is 12.8. The van der Waals surface area contributed by atoms with Crippen LogP contribution in [0.15, 0.2) is 60.8 Å². The van der Waals surface area contributed by atoms with Crippen molar-refractivity contribution >= 4 is 17.9 Å². The van der Waals surface area contributed by atoms with Gasteiger partial charge in [0, 0.05) is 19.3 Å². The molecule has 0 heterocycles. The van der Waals surface area contributed by atoms with Crippen LogP contribution in [-0.2, 0) is 28.6 Å². The predicted octanol–water partition coefficient (Wildman–Crippen LogP) is 18.4. The molecule has 0 aliphatic heterocycles. The number of esters is 3. The summed E-state index contributed by atoms with van der Waals surface area (Å²) < 4.78 is 16.8. The van der Waals surface area contributed by atoms with Crippen LogP contribution in [-0.4, -0.2) is 37.2 Å². The van der Waals surface area contributed by atoms with Crippen LogP contribution in [0.2, 0.25) is 0 Å². The van der Waals surface area contributed by atoms with Crippen LogP contribution in [0.1, 0.15) is 278 Å². The van der Waals surface area contributed by atoms with Crippen molar-refractivity contribution in [3.8, 4) is 0 Å². The number of carbonyl (C=O) groups is 3. The summed E-state index contributed by atoms with van der Waals surface area (Å²) in [4.78, 5) is 38.1. The van der Waals surface area contributed by atoms with Crippen molar-refractivity contribution in [3.05, 3.63) is 60.8 Å². The standard InChI is InChI=1S/C59H104O6/c1-4-7-10-13-16-19-22-25-28-29-32-34-37-40-43-46-49-52-58(61)64-55-56(65-59(62)53-50-47-44-41-38-35-31-27-24-21-18-15-12-9-6-3)54-63-57(60)51-48-45-42-39-36-33-30-26-23-20-17-14-11-8-5-2/h16,18-19,21,25,27-28,31-32,34,56H,4-15,17,20,22-24,26,29-30,33,35-55H2,1-3H3/b19-16-,21-18-,28-25-,31-27-,34-32-/t56-/m0/s1. The summed E-state index contributed by atoms with van der Waals surface area (Å²) in [7, 11) is 0. The molecule has 0 aliphatic rings. The van der Waals surface area contributed by atoms with E-state index in [-0.39, 0.29) is 31.1 Å². The molecule has 0 spiro atoms. The lowest BCUT2D eigenvalue weighted by Gasteiger charge is -2.18. The number of unbranched alkanes of at least 4 members (excludes halogenated alkanes) is 29. The number of rotatable bonds is 50. The summed E-state index contributed by atoms with van der Waals surface area (Å²) in [5.41, 5.74) is 0. The van der Waals surface area contributed by atoms with E-state index < -0.39 is 6.10 Å². The van der Waals surface area contributed by atoms with E-state index in [0.29, 0.717) is 19.3 Å². The van der Waals surface area contributed by atoms with Crippen molar-refractivity contribution in [3.63, 3.8) is 0 Å². The summed E-state index contributed by atoms with van der Waals surface area (Å²) >= 11 is 0. The van der Waals surface area contributed by atoms with Gasteiger partial charge in [-0.1, -0.05) is 229 Å². The lowest BCUT2D eigenvalue weighted by atomic mass is 10.0. The highest BCUT2D eigenvalue weighted by atomic mass is 16.6. The molecule has 0 aromatic heterocycles. The monoisotopic (exact) mass is 909 g/mol. The average Bonchev–Trinajstić information content (AvgIpc) is 3.30. The second-order valence-corrected chi connectivity index (χ2v) is 18.5. The van der Waals surface area contributed by atoms with Crippen LogP contribution < -0.4 is 0 Å². The highest BCUT2D eigenvalue weighted by Gasteiger charge is 2.19. The summed E-state index contributed by atoms with van der Waals surface area (Å²) in [5, 5.41) is 0. The number of allylic oxidation sites excluding steroid dienone is 10. The van der Waals surface area contributed by atoms with Gasteiger partial charge in [-0.15, -0.1) is 0 Å². The van der Waals surface area contributed by atoms with Crippen molar-refractivity contribution in [2.45, 2.75) is 284 Å². The summed E-state index contributed by atoms with van der Waals surface area (Å²) in [5.74, 6) is -0.912. The maximum Gasteiger partial charge on any atom is 0.306 e. The van der Waals surface area contributed by atoms with Crippen LogP contribution in [0, 0.1) is 0 Å². The average molecular weight is 909 g/mol. The number of ether oxygens (including phenoxy) is 3. The van der Waals surface area contributed by atoms with Crippen LogP contribution in [0.5, 0.6) is 0 Å². The normalized spacial score (nSPS) is 12.5. The molecule has 0 radical (unpaired) electrons. The Morgan fingerprint density at radius 2 is 0.554 bits per heavy atom. The Labute approximate surface area is 402 Å². The van der Waals surface area contributed by atoms with Gasteiger partial charge in [0.15, 0.2) is 6.10 Å². The van der Waals surface area contributed by atoms with Crippen LogP contribution in [0.3, 0.4) is 0 Å². The smallest absolute Gasteiger partial charge is 0.306 e. The maximum atomic E-state index is 12.8. The number of hydrogen-bond donors (Lipinski definition) is 0. The second-order valence-electron chi connectivity index (χ2n) is 18.5. The van der Waals surface area contributed by atoms with Crippen LogP contribution >= 0.6 is 0 Å². The van der Waals surface area contributed by atoms with Crippen molar-refractivity contribution in [1.82, 2.24) is 0 Å². The van der Waals surface area contributed by atoms with Gasteiger partial charge < -0.3 is 14.2 Å². The van der Waals surface area contributed by atoms with Gasteiger partial charge in [-0.2, -0.15) is 0 Å². The van der Waals surface area contributed by atoms with E-state index >= 15 is 0 Å². The van der Waals surface area contributed by atoms with E-state index in [4.69, 9.17) is 14.2 Å². The van der Waals surface area contributed by atoms with Gasteiger partial charge in [0.1, 0.15) is 13.2 Å². The Hall–Kier alpha value is -2.89. The van der Waals surface area contributed by atoms with Gasteiger partial charge >= 0.3 is 17.9 Å². The zero-order valence-electron chi connectivity index (χ0n) is 43.0. The molecule has 0 bridgehead atoms. The molecule has 6 nitrogen and oxygen atoms in total. The largest absolute Gasteiger partial charge is 0.462 e. The SMILES string of the molecule is CCCCC/C=C\C/C=C\C/C=C\CCCCCCC(=O)OC[C@H](COC(=O)CCCCCCCCCCCCCCCCC)OC(=O)CCCCCCC/C=C\C/C=C\CCCCC. The van der Waals surface area contributed by atoms with E-state index in [9.17, 15) is 14.4 Å². The van der Waals surface area contributed by atoms with E-state index in [1.54, 1.807) is 0 Å². The number of carbonyl (C=O) groups excluding carboxylic acids is 3. The van der Waals surface area contributed by atoms with E-state index in [1.807, 2.05) is 0 Å². The van der Waals surface area contributed by atoms with Gasteiger partial charge in [-0.3, -0.25) is 14.4 Å². The minimum Gasteiger partial charge on any atom is -0.462 e. The molecule has 0 unspecified atom stereocenters. The lowest BCUT2D eigenvalue weighted by Crippen LogP contribution is -2.30. The third-order valence-corrected chi connectivity index (χ3v) is 12.0. The van der Waals surface area contributed by atoms with Gasteiger partial charge in [0.25, 0.3) is 0 Å². The van der Waals surface area contributed by atoms with Crippen LogP contribution in [0.25, 0.3) is 0 Å². The molecule has 65 heavy (non-hydrogen) atoms. The van der Waals surface area contributed by atoms with Crippen molar-refractivity contribution < 1.29 is 28.6 Å². The van der Waals surface area contributed by atoms with Crippen molar-refractivity contribution in [2.75, 3.05) is 13.2 Å². The first-order chi connectivity index (χ1) is 32.0. The zero-order chi connectivity index (χ0) is 47.2. The molecule has 1 atom stereocenters. The van der Waals surface area contributed by atoms with E-state index in [1.165, 1.54) is 128 Å². The van der Waals surface area contributed by atoms with E-state index in [2.05, 4.69) is 81.5 Å². The lowest BCUT2D eigenvalue weighted by molar-refractivity contribution is -0.167. The Balaban J connectivity index is 4.43. The topological polar surface area (TPSA) is 78.9 Å². The predicted molar refractivity (Wildman–Crippen MR) is 279 cm³/mol. The molecular formula is C59H104O6. The molecular weight excluding hydrogens is 805 g/mol. The molecule has 0 aliphatic carbocycles. The molecule has 0 saturated carbocycles. The Morgan fingerprint density at radius 3 is 0.892 bits per heavy atom. The third-order valence-electron chi connectivity index (χ3n) is 12.0.